The van der Waals surface area contributed by atoms with Crippen molar-refractivity contribution in [3.05, 3.63) is 57.8 Å². The van der Waals surface area contributed by atoms with Crippen LogP contribution < -0.4 is 10.1 Å². The van der Waals surface area contributed by atoms with Crippen molar-refractivity contribution in [3.63, 3.8) is 0 Å². The number of ketones is 1. The molecule has 1 aliphatic heterocycles. The van der Waals surface area contributed by atoms with Crippen LogP contribution in [0.25, 0.3) is 5.76 Å². The van der Waals surface area contributed by atoms with Gasteiger partial charge in [-0.3, -0.25) is 9.59 Å². The van der Waals surface area contributed by atoms with Gasteiger partial charge in [0.1, 0.15) is 11.5 Å². The maximum atomic E-state index is 12.8. The average molecular weight is 402 g/mol. The molecule has 1 aromatic carbocycles. The van der Waals surface area contributed by atoms with E-state index in [9.17, 15) is 14.7 Å². The minimum Gasteiger partial charge on any atom is -0.507 e. The summed E-state index contributed by atoms with van der Waals surface area (Å²) in [6, 6.07) is 9.71. The predicted octanol–water partition coefficient (Wildman–Crippen LogP) is 1.76. The van der Waals surface area contributed by atoms with E-state index in [-0.39, 0.29) is 24.5 Å². The van der Waals surface area contributed by atoms with Crippen LogP contribution in [-0.2, 0) is 9.59 Å². The maximum Gasteiger partial charge on any atom is 0.295 e. The van der Waals surface area contributed by atoms with E-state index in [0.29, 0.717) is 24.4 Å². The number of likely N-dealkylation sites (tertiary alicyclic amines) is 1. The van der Waals surface area contributed by atoms with E-state index < -0.39 is 17.7 Å². The fourth-order valence-electron chi connectivity index (χ4n) is 3.16. The minimum absolute atomic E-state index is 0.00928. The summed E-state index contributed by atoms with van der Waals surface area (Å²) in [6.45, 7) is 1.11. The standard InChI is InChI=1S/C20H22N2O5S/c1-27-14-6-4-13(5-7-14)18(24)16-17(15-3-2-12-28-15)22(20(26)19(16)25)10-8-21-9-11-23/h2-7,12,17,21,23-24H,8-11H2,1H3/b18-16+. The lowest BCUT2D eigenvalue weighted by atomic mass is 10.00. The molecule has 0 radical (unpaired) electrons. The normalized spacial score (nSPS) is 18.6. The Morgan fingerprint density at radius 1 is 1.21 bits per heavy atom. The number of carbonyl (C=O) groups excluding carboxylic acids is 2. The van der Waals surface area contributed by atoms with E-state index in [1.807, 2.05) is 17.5 Å². The number of nitrogens with zero attached hydrogens (tertiary/aromatic N) is 1. The third-order valence-corrected chi connectivity index (χ3v) is 5.46. The van der Waals surface area contributed by atoms with Gasteiger partial charge in [-0.2, -0.15) is 0 Å². The van der Waals surface area contributed by atoms with Crippen LogP contribution in [0.4, 0.5) is 0 Å². The number of Topliss-reactive ketones (excluding diaryl/α,β-unsaturated/α-hetero) is 1. The van der Waals surface area contributed by atoms with Crippen LogP contribution in [0.3, 0.4) is 0 Å². The van der Waals surface area contributed by atoms with Crippen molar-refractivity contribution in [2.45, 2.75) is 6.04 Å². The molecule has 1 aromatic heterocycles. The lowest BCUT2D eigenvalue weighted by molar-refractivity contribution is -0.139. The molecule has 1 fully saturated rings. The second-order valence-electron chi connectivity index (χ2n) is 6.21. The molecular formula is C20H22N2O5S. The smallest absolute Gasteiger partial charge is 0.295 e. The van der Waals surface area contributed by atoms with Crippen LogP contribution in [0.15, 0.2) is 47.4 Å². The largest absolute Gasteiger partial charge is 0.507 e. The number of thiophene rings is 1. The summed E-state index contributed by atoms with van der Waals surface area (Å²) in [4.78, 5) is 27.7. The van der Waals surface area contributed by atoms with Crippen LogP contribution in [0.1, 0.15) is 16.5 Å². The fraction of sp³-hybridized carbons (Fsp3) is 0.300. The molecule has 2 heterocycles. The average Bonchev–Trinajstić information content (AvgIpc) is 3.33. The molecule has 7 nitrogen and oxygen atoms in total. The molecule has 3 N–H and O–H groups in total. The van der Waals surface area contributed by atoms with Crippen molar-refractivity contribution in [2.75, 3.05) is 33.4 Å². The number of aliphatic hydroxyl groups excluding tert-OH is 2. The third kappa shape index (κ3) is 3.94. The van der Waals surface area contributed by atoms with E-state index in [1.54, 1.807) is 31.4 Å². The molecule has 0 bridgehead atoms. The van der Waals surface area contributed by atoms with E-state index in [2.05, 4.69) is 5.32 Å². The quantitative estimate of drug-likeness (QED) is 0.269. The molecule has 0 saturated carbocycles. The van der Waals surface area contributed by atoms with Gasteiger partial charge in [0.2, 0.25) is 0 Å². The minimum atomic E-state index is -0.700. The Morgan fingerprint density at radius 2 is 1.96 bits per heavy atom. The first-order valence-corrected chi connectivity index (χ1v) is 9.74. The summed E-state index contributed by atoms with van der Waals surface area (Å²) in [6.07, 6.45) is 0. The summed E-state index contributed by atoms with van der Waals surface area (Å²) < 4.78 is 5.12. The Morgan fingerprint density at radius 3 is 2.57 bits per heavy atom. The van der Waals surface area contributed by atoms with E-state index in [4.69, 9.17) is 9.84 Å². The number of aliphatic hydroxyl groups is 2. The highest BCUT2D eigenvalue weighted by Crippen LogP contribution is 2.40. The molecule has 1 aliphatic rings. The van der Waals surface area contributed by atoms with Gasteiger partial charge in [0, 0.05) is 30.1 Å². The number of amides is 1. The van der Waals surface area contributed by atoms with Crippen LogP contribution in [-0.4, -0.2) is 60.2 Å². The predicted molar refractivity (Wildman–Crippen MR) is 106 cm³/mol. The fourth-order valence-corrected chi connectivity index (χ4v) is 4.01. The van der Waals surface area contributed by atoms with Gasteiger partial charge in [0.05, 0.1) is 25.3 Å². The number of carbonyl (C=O) groups is 2. The SMILES string of the molecule is COc1ccc(/C(O)=C2\C(=O)C(=O)N(CCNCCO)C2c2cccs2)cc1. The number of methoxy groups -OCH3 is 1. The van der Waals surface area contributed by atoms with Crippen molar-refractivity contribution in [1.82, 2.24) is 10.2 Å². The lowest BCUT2D eigenvalue weighted by Crippen LogP contribution is -2.36. The zero-order valence-electron chi connectivity index (χ0n) is 15.4. The summed E-state index contributed by atoms with van der Waals surface area (Å²) in [7, 11) is 1.54. The first kappa shape index (κ1) is 20.1. The van der Waals surface area contributed by atoms with Crippen molar-refractivity contribution in [2.24, 2.45) is 0 Å². The molecule has 8 heteroatoms. The number of rotatable bonds is 8. The van der Waals surface area contributed by atoms with Gasteiger partial charge >= 0.3 is 0 Å². The zero-order chi connectivity index (χ0) is 20.1. The number of benzene rings is 1. The summed E-state index contributed by atoms with van der Waals surface area (Å²) >= 11 is 1.42. The summed E-state index contributed by atoms with van der Waals surface area (Å²) in [5, 5.41) is 24.6. The highest BCUT2D eigenvalue weighted by molar-refractivity contribution is 7.10. The van der Waals surface area contributed by atoms with Crippen molar-refractivity contribution < 1.29 is 24.5 Å². The van der Waals surface area contributed by atoms with Crippen molar-refractivity contribution in [1.29, 1.82) is 0 Å². The summed E-state index contributed by atoms with van der Waals surface area (Å²) in [5.41, 5.74) is 0.526. The van der Waals surface area contributed by atoms with Crippen LogP contribution >= 0.6 is 11.3 Å². The Bertz CT molecular complexity index is 861. The van der Waals surface area contributed by atoms with Crippen molar-refractivity contribution >= 4 is 28.8 Å². The van der Waals surface area contributed by atoms with Crippen LogP contribution in [0, 0.1) is 0 Å². The number of hydrogen-bond donors (Lipinski definition) is 3. The topological polar surface area (TPSA) is 99.1 Å². The van der Waals surface area contributed by atoms with Gasteiger partial charge in [-0.25, -0.2) is 0 Å². The monoisotopic (exact) mass is 402 g/mol. The van der Waals surface area contributed by atoms with E-state index in [1.165, 1.54) is 16.2 Å². The molecule has 1 unspecified atom stereocenters. The highest BCUT2D eigenvalue weighted by Gasteiger charge is 2.46. The number of hydrogen-bond acceptors (Lipinski definition) is 7. The first-order chi connectivity index (χ1) is 13.6. The van der Waals surface area contributed by atoms with Gasteiger partial charge < -0.3 is 25.2 Å². The Kier molecular flexibility index (Phi) is 6.45. The van der Waals surface area contributed by atoms with Crippen molar-refractivity contribution in [3.8, 4) is 5.75 Å². The summed E-state index contributed by atoms with van der Waals surface area (Å²) in [5.74, 6) is -0.917. The molecule has 148 valence electrons. The molecule has 0 spiro atoms. The Balaban J connectivity index is 1.99. The molecular weight excluding hydrogens is 380 g/mol. The Hall–Kier alpha value is -2.68. The number of nitrogens with one attached hydrogen (secondary N) is 1. The van der Waals surface area contributed by atoms with Crippen LogP contribution in [0.2, 0.25) is 0 Å². The first-order valence-electron chi connectivity index (χ1n) is 8.86. The van der Waals surface area contributed by atoms with E-state index >= 15 is 0 Å². The molecule has 1 atom stereocenters. The van der Waals surface area contributed by atoms with Gasteiger partial charge in [-0.1, -0.05) is 6.07 Å². The molecule has 3 rings (SSSR count). The van der Waals surface area contributed by atoms with Gasteiger partial charge in [-0.05, 0) is 35.7 Å². The third-order valence-electron chi connectivity index (χ3n) is 4.53. The molecule has 28 heavy (non-hydrogen) atoms. The zero-order valence-corrected chi connectivity index (χ0v) is 16.2. The molecule has 1 amide bonds. The van der Waals surface area contributed by atoms with Gasteiger partial charge in [0.25, 0.3) is 11.7 Å². The van der Waals surface area contributed by atoms with Gasteiger partial charge in [0.15, 0.2) is 0 Å². The number of ether oxygens (including phenoxy) is 1. The van der Waals surface area contributed by atoms with Gasteiger partial charge in [-0.15, -0.1) is 11.3 Å². The second kappa shape index (κ2) is 9.01. The highest BCUT2D eigenvalue weighted by atomic mass is 32.1. The Labute approximate surface area is 166 Å². The molecule has 2 aromatic rings. The maximum absolute atomic E-state index is 12.8. The molecule has 1 saturated heterocycles. The van der Waals surface area contributed by atoms with Crippen LogP contribution in [0.5, 0.6) is 5.75 Å². The lowest BCUT2D eigenvalue weighted by Gasteiger charge is -2.24. The van der Waals surface area contributed by atoms with E-state index in [0.717, 1.165) is 4.88 Å². The second-order valence-corrected chi connectivity index (χ2v) is 7.19. The molecule has 0 aliphatic carbocycles.